The Bertz CT molecular complexity index is 674. The topological polar surface area (TPSA) is 56.2 Å². The molecule has 3 heterocycles. The number of hydrogen-bond donors (Lipinski definition) is 1. The lowest BCUT2D eigenvalue weighted by Gasteiger charge is -2.14. The van der Waals surface area contributed by atoms with E-state index < -0.39 is 0 Å². The SMILES string of the molecule is O=C(NCc1ccsc1)c1nn(CC2CC2)c2c1COCC2. The Morgan fingerprint density at radius 2 is 2.41 bits per heavy atom. The van der Waals surface area contributed by atoms with Gasteiger partial charge in [0.15, 0.2) is 5.69 Å². The predicted octanol–water partition coefficient (Wildman–Crippen LogP) is 2.36. The highest BCUT2D eigenvalue weighted by atomic mass is 32.1. The lowest BCUT2D eigenvalue weighted by Crippen LogP contribution is -2.24. The summed E-state index contributed by atoms with van der Waals surface area (Å²) in [6, 6.07) is 2.02. The number of carbonyl (C=O) groups excluding carboxylic acids is 1. The summed E-state index contributed by atoms with van der Waals surface area (Å²) < 4.78 is 7.59. The molecule has 1 fully saturated rings. The second-order valence-corrected chi connectivity index (χ2v) is 6.80. The van der Waals surface area contributed by atoms with Gasteiger partial charge in [-0.1, -0.05) is 0 Å². The quantitative estimate of drug-likeness (QED) is 0.921. The van der Waals surface area contributed by atoms with E-state index in [1.54, 1.807) is 11.3 Å². The smallest absolute Gasteiger partial charge is 0.272 e. The van der Waals surface area contributed by atoms with Crippen LogP contribution in [-0.2, 0) is 30.9 Å². The van der Waals surface area contributed by atoms with Crippen molar-refractivity contribution in [3.63, 3.8) is 0 Å². The number of nitrogens with one attached hydrogen (secondary N) is 1. The van der Waals surface area contributed by atoms with Gasteiger partial charge in [0.25, 0.3) is 5.91 Å². The molecule has 1 amide bonds. The number of thiophene rings is 1. The Labute approximate surface area is 133 Å². The van der Waals surface area contributed by atoms with Crippen LogP contribution in [0.15, 0.2) is 16.8 Å². The fraction of sp³-hybridized carbons (Fsp3) is 0.500. The van der Waals surface area contributed by atoms with E-state index in [0.29, 0.717) is 18.8 Å². The summed E-state index contributed by atoms with van der Waals surface area (Å²) in [4.78, 5) is 12.5. The van der Waals surface area contributed by atoms with Crippen LogP contribution in [0.3, 0.4) is 0 Å². The minimum absolute atomic E-state index is 0.0949. The van der Waals surface area contributed by atoms with Gasteiger partial charge in [0.2, 0.25) is 0 Å². The zero-order chi connectivity index (χ0) is 14.9. The molecule has 1 aliphatic heterocycles. The number of fused-ring (bicyclic) bond motifs is 1. The number of ether oxygens (including phenoxy) is 1. The molecule has 116 valence electrons. The van der Waals surface area contributed by atoms with Crippen molar-refractivity contribution in [3.05, 3.63) is 39.3 Å². The summed E-state index contributed by atoms with van der Waals surface area (Å²) >= 11 is 1.64. The van der Waals surface area contributed by atoms with Crippen molar-refractivity contribution >= 4 is 17.2 Å². The third kappa shape index (κ3) is 2.80. The van der Waals surface area contributed by atoms with Gasteiger partial charge < -0.3 is 10.1 Å². The van der Waals surface area contributed by atoms with Gasteiger partial charge >= 0.3 is 0 Å². The Hall–Kier alpha value is -1.66. The van der Waals surface area contributed by atoms with Crippen LogP contribution in [-0.4, -0.2) is 22.3 Å². The molecule has 0 unspecified atom stereocenters. The van der Waals surface area contributed by atoms with E-state index in [1.807, 2.05) is 16.8 Å². The van der Waals surface area contributed by atoms with Gasteiger partial charge in [-0.25, -0.2) is 0 Å². The predicted molar refractivity (Wildman–Crippen MR) is 83.8 cm³/mol. The van der Waals surface area contributed by atoms with Crippen LogP contribution in [0, 0.1) is 5.92 Å². The monoisotopic (exact) mass is 317 g/mol. The summed E-state index contributed by atoms with van der Waals surface area (Å²) in [6.45, 7) is 2.72. The maximum Gasteiger partial charge on any atom is 0.272 e. The minimum atomic E-state index is -0.0949. The van der Waals surface area contributed by atoms with Crippen LogP contribution in [0.1, 0.15) is 40.2 Å². The van der Waals surface area contributed by atoms with Gasteiger partial charge in [-0.3, -0.25) is 9.48 Å². The van der Waals surface area contributed by atoms with Crippen LogP contribution in [0.25, 0.3) is 0 Å². The summed E-state index contributed by atoms with van der Waals surface area (Å²) in [5.74, 6) is 0.649. The lowest BCUT2D eigenvalue weighted by atomic mass is 10.1. The van der Waals surface area contributed by atoms with Crippen LogP contribution < -0.4 is 5.32 Å². The van der Waals surface area contributed by atoms with E-state index in [2.05, 4.69) is 15.1 Å². The molecule has 6 heteroatoms. The molecule has 1 aliphatic carbocycles. The molecule has 0 spiro atoms. The summed E-state index contributed by atoms with van der Waals surface area (Å²) in [6.07, 6.45) is 3.42. The van der Waals surface area contributed by atoms with Crippen molar-refractivity contribution in [2.75, 3.05) is 6.61 Å². The Kier molecular flexibility index (Phi) is 3.72. The normalized spacial score (nSPS) is 17.3. The first kappa shape index (κ1) is 14.0. The number of aromatic nitrogens is 2. The van der Waals surface area contributed by atoms with E-state index >= 15 is 0 Å². The van der Waals surface area contributed by atoms with Crippen molar-refractivity contribution in [1.29, 1.82) is 0 Å². The van der Waals surface area contributed by atoms with Crippen LogP contribution in [0.2, 0.25) is 0 Å². The third-order valence-corrected chi connectivity index (χ3v) is 5.00. The molecule has 4 rings (SSSR count). The first-order valence-corrected chi connectivity index (χ1v) is 8.71. The molecule has 5 nitrogen and oxygen atoms in total. The molecule has 0 atom stereocenters. The molecule has 2 aromatic heterocycles. The van der Waals surface area contributed by atoms with E-state index in [4.69, 9.17) is 4.74 Å². The van der Waals surface area contributed by atoms with Crippen LogP contribution >= 0.6 is 11.3 Å². The summed E-state index contributed by atoms with van der Waals surface area (Å²) in [5.41, 5.74) is 3.85. The van der Waals surface area contributed by atoms with Crippen molar-refractivity contribution in [3.8, 4) is 0 Å². The zero-order valence-corrected chi connectivity index (χ0v) is 13.2. The number of hydrogen-bond acceptors (Lipinski definition) is 4. The second-order valence-electron chi connectivity index (χ2n) is 6.02. The fourth-order valence-electron chi connectivity index (χ4n) is 2.85. The molecular formula is C16H19N3O2S. The number of amides is 1. The number of nitrogens with zero attached hydrogens (tertiary/aromatic N) is 2. The molecule has 1 N–H and O–H groups in total. The van der Waals surface area contributed by atoms with Crippen LogP contribution in [0.4, 0.5) is 0 Å². The molecular weight excluding hydrogens is 298 g/mol. The van der Waals surface area contributed by atoms with Gasteiger partial charge in [0.05, 0.1) is 13.2 Å². The first-order valence-electron chi connectivity index (χ1n) is 7.77. The minimum Gasteiger partial charge on any atom is -0.376 e. The molecule has 1 saturated carbocycles. The lowest BCUT2D eigenvalue weighted by molar-refractivity contribution is 0.0922. The largest absolute Gasteiger partial charge is 0.376 e. The van der Waals surface area contributed by atoms with Crippen molar-refractivity contribution in [2.45, 2.75) is 39.0 Å². The maximum absolute atomic E-state index is 12.5. The highest BCUT2D eigenvalue weighted by Gasteiger charge is 2.29. The van der Waals surface area contributed by atoms with E-state index in [1.165, 1.54) is 18.5 Å². The Morgan fingerprint density at radius 3 is 3.18 bits per heavy atom. The number of rotatable bonds is 5. The van der Waals surface area contributed by atoms with Gasteiger partial charge in [0.1, 0.15) is 0 Å². The van der Waals surface area contributed by atoms with Crippen molar-refractivity contribution in [1.82, 2.24) is 15.1 Å². The molecule has 2 aromatic rings. The van der Waals surface area contributed by atoms with Crippen LogP contribution in [0.5, 0.6) is 0 Å². The molecule has 0 saturated heterocycles. The molecule has 0 radical (unpaired) electrons. The Morgan fingerprint density at radius 1 is 1.50 bits per heavy atom. The Balaban J connectivity index is 1.54. The molecule has 22 heavy (non-hydrogen) atoms. The van der Waals surface area contributed by atoms with Crippen molar-refractivity contribution < 1.29 is 9.53 Å². The molecule has 2 aliphatic rings. The highest BCUT2D eigenvalue weighted by molar-refractivity contribution is 7.07. The van der Waals surface area contributed by atoms with Gasteiger partial charge in [-0.05, 0) is 41.1 Å². The highest BCUT2D eigenvalue weighted by Crippen LogP contribution is 2.32. The van der Waals surface area contributed by atoms with Crippen molar-refractivity contribution in [2.24, 2.45) is 5.92 Å². The zero-order valence-electron chi connectivity index (χ0n) is 12.4. The molecule has 0 bridgehead atoms. The fourth-order valence-corrected chi connectivity index (χ4v) is 3.51. The first-order chi connectivity index (χ1) is 10.8. The van der Waals surface area contributed by atoms with Gasteiger partial charge in [0, 0.05) is 30.8 Å². The average molecular weight is 317 g/mol. The van der Waals surface area contributed by atoms with E-state index in [9.17, 15) is 4.79 Å². The standard InChI is InChI=1S/C16H19N3O2S/c20-16(17-7-12-4-6-22-10-12)15-13-9-21-5-3-14(13)19(18-15)8-11-1-2-11/h4,6,10-11H,1-3,5,7-9H2,(H,17,20). The summed E-state index contributed by atoms with van der Waals surface area (Å²) in [5, 5.41) is 11.6. The van der Waals surface area contributed by atoms with E-state index in [0.717, 1.165) is 36.6 Å². The maximum atomic E-state index is 12.5. The summed E-state index contributed by atoms with van der Waals surface area (Å²) in [7, 11) is 0. The second kappa shape index (κ2) is 5.85. The number of carbonyl (C=O) groups is 1. The van der Waals surface area contributed by atoms with Gasteiger partial charge in [-0.2, -0.15) is 16.4 Å². The van der Waals surface area contributed by atoms with E-state index in [-0.39, 0.29) is 5.91 Å². The third-order valence-electron chi connectivity index (χ3n) is 4.27. The van der Waals surface area contributed by atoms with Gasteiger partial charge in [-0.15, -0.1) is 0 Å². The average Bonchev–Trinajstić information content (AvgIpc) is 3.07. The molecule has 0 aromatic carbocycles.